The van der Waals surface area contributed by atoms with Gasteiger partial charge < -0.3 is 10.4 Å². The summed E-state index contributed by atoms with van der Waals surface area (Å²) < 4.78 is 5.48. The van der Waals surface area contributed by atoms with E-state index in [1.165, 1.54) is 0 Å². The summed E-state index contributed by atoms with van der Waals surface area (Å²) in [5, 5.41) is 26.5. The molecule has 2 aromatic rings. The maximum absolute atomic E-state index is 9.92. The number of halogens is 1. The normalized spacial score (nSPS) is 12.1. The third-order valence-corrected chi connectivity index (χ3v) is 3.51. The van der Waals surface area contributed by atoms with Crippen LogP contribution in [-0.4, -0.2) is 25.8 Å². The molecule has 2 heterocycles. The summed E-state index contributed by atoms with van der Waals surface area (Å²) in [6, 6.07) is 1.97. The molecule has 2 N–H and O–H groups in total. The molecule has 1 atom stereocenters. The van der Waals surface area contributed by atoms with Crippen molar-refractivity contribution in [3.63, 3.8) is 0 Å². The number of rotatable bonds is 4. The zero-order chi connectivity index (χ0) is 13.1. The molecule has 0 saturated heterocycles. The fourth-order valence-corrected chi connectivity index (χ4v) is 2.35. The monoisotopic (exact) mass is 283 g/mol. The molecule has 0 bridgehead atoms. The molecular formula is C10H10ClN5OS. The number of hydrogen-bond acceptors (Lipinski definition) is 6. The van der Waals surface area contributed by atoms with Crippen LogP contribution in [0.4, 0.5) is 5.00 Å². The Morgan fingerprint density at radius 2 is 2.50 bits per heavy atom. The van der Waals surface area contributed by atoms with Gasteiger partial charge in [-0.05, 0) is 11.5 Å². The number of nitriles is 1. The number of aliphatic hydroxyl groups is 1. The Hall–Kier alpha value is -1.62. The van der Waals surface area contributed by atoms with Crippen LogP contribution >= 0.6 is 23.1 Å². The Morgan fingerprint density at radius 1 is 1.72 bits per heavy atom. The molecule has 0 spiro atoms. The van der Waals surface area contributed by atoms with E-state index in [0.717, 1.165) is 11.5 Å². The Kier molecular flexibility index (Phi) is 3.81. The van der Waals surface area contributed by atoms with Gasteiger partial charge >= 0.3 is 0 Å². The van der Waals surface area contributed by atoms with Crippen molar-refractivity contribution in [3.05, 3.63) is 28.7 Å². The van der Waals surface area contributed by atoms with Crippen LogP contribution < -0.4 is 5.32 Å². The maximum Gasteiger partial charge on any atom is 0.162 e. The van der Waals surface area contributed by atoms with E-state index < -0.39 is 6.10 Å². The van der Waals surface area contributed by atoms with Crippen molar-refractivity contribution in [1.29, 1.82) is 5.26 Å². The van der Waals surface area contributed by atoms with Crippen LogP contribution in [-0.2, 0) is 7.05 Å². The highest BCUT2D eigenvalue weighted by atomic mass is 35.5. The highest BCUT2D eigenvalue weighted by Gasteiger charge is 2.14. The molecule has 0 saturated carbocycles. The second-order valence-electron chi connectivity index (χ2n) is 3.63. The highest BCUT2D eigenvalue weighted by Crippen LogP contribution is 2.28. The van der Waals surface area contributed by atoms with E-state index in [9.17, 15) is 5.11 Å². The first-order valence-corrected chi connectivity index (χ1v) is 6.22. The van der Waals surface area contributed by atoms with Gasteiger partial charge in [0.15, 0.2) is 5.15 Å². The quantitative estimate of drug-likeness (QED) is 0.889. The summed E-state index contributed by atoms with van der Waals surface area (Å²) in [5.74, 6) is 0. The van der Waals surface area contributed by atoms with Gasteiger partial charge in [0.05, 0.1) is 12.3 Å². The fourth-order valence-electron chi connectivity index (χ4n) is 1.41. The van der Waals surface area contributed by atoms with Gasteiger partial charge in [-0.25, -0.2) is 0 Å². The minimum absolute atomic E-state index is 0.181. The lowest BCUT2D eigenvalue weighted by Crippen LogP contribution is -2.11. The van der Waals surface area contributed by atoms with Gasteiger partial charge in [-0.3, -0.25) is 4.68 Å². The number of nitrogens with zero attached hydrogens (tertiary/aromatic N) is 4. The van der Waals surface area contributed by atoms with Crippen molar-refractivity contribution < 1.29 is 5.11 Å². The second kappa shape index (κ2) is 5.35. The predicted octanol–water partition coefficient (Wildman–Crippen LogP) is 1.55. The summed E-state index contributed by atoms with van der Waals surface area (Å²) in [6.07, 6.45) is 2.63. The van der Waals surface area contributed by atoms with Gasteiger partial charge in [0.2, 0.25) is 0 Å². The molecular weight excluding hydrogens is 274 g/mol. The molecule has 2 aromatic heterocycles. The zero-order valence-corrected chi connectivity index (χ0v) is 11.0. The van der Waals surface area contributed by atoms with Crippen LogP contribution in [0.15, 0.2) is 12.4 Å². The van der Waals surface area contributed by atoms with Gasteiger partial charge in [0.25, 0.3) is 0 Å². The summed E-state index contributed by atoms with van der Waals surface area (Å²) in [4.78, 5) is 0. The van der Waals surface area contributed by atoms with E-state index >= 15 is 0 Å². The standard InChI is InChI=1S/C10H10ClN5OS/c1-16-5-6(3-14-16)8(17)4-13-10-7(2-12)9(11)15-18-10/h3,5,8,13,17H,4H2,1H3. The lowest BCUT2D eigenvalue weighted by molar-refractivity contribution is 0.191. The van der Waals surface area contributed by atoms with Crippen molar-refractivity contribution in [2.24, 2.45) is 7.05 Å². The molecule has 2 rings (SSSR count). The van der Waals surface area contributed by atoms with E-state index in [1.807, 2.05) is 6.07 Å². The number of nitrogens with one attached hydrogen (secondary N) is 1. The van der Waals surface area contributed by atoms with Gasteiger partial charge in [0.1, 0.15) is 16.6 Å². The average Bonchev–Trinajstić information content (AvgIpc) is 2.92. The van der Waals surface area contributed by atoms with Gasteiger partial charge in [-0.1, -0.05) is 11.6 Å². The van der Waals surface area contributed by atoms with Crippen LogP contribution in [0.5, 0.6) is 0 Å². The van der Waals surface area contributed by atoms with Crippen LogP contribution in [0, 0.1) is 11.3 Å². The van der Waals surface area contributed by atoms with E-state index in [2.05, 4.69) is 14.8 Å². The third-order valence-electron chi connectivity index (χ3n) is 2.33. The zero-order valence-electron chi connectivity index (χ0n) is 9.46. The lowest BCUT2D eigenvalue weighted by Gasteiger charge is -2.09. The Labute approximate surface area is 113 Å². The highest BCUT2D eigenvalue weighted by molar-refractivity contribution is 7.10. The molecule has 0 aliphatic rings. The lowest BCUT2D eigenvalue weighted by atomic mass is 10.2. The number of aromatic nitrogens is 3. The summed E-state index contributed by atoms with van der Waals surface area (Å²) in [6.45, 7) is 0.263. The molecule has 0 amide bonds. The maximum atomic E-state index is 9.92. The first kappa shape index (κ1) is 12.8. The predicted molar refractivity (Wildman–Crippen MR) is 68.5 cm³/mol. The molecule has 0 aromatic carbocycles. The molecule has 0 fully saturated rings. The number of aryl methyl sites for hydroxylation is 1. The Balaban J connectivity index is 2.01. The molecule has 6 nitrogen and oxygen atoms in total. The first-order chi connectivity index (χ1) is 8.61. The minimum atomic E-state index is -0.703. The van der Waals surface area contributed by atoms with E-state index in [1.54, 1.807) is 24.1 Å². The third kappa shape index (κ3) is 2.61. The Morgan fingerprint density at radius 3 is 3.11 bits per heavy atom. The summed E-state index contributed by atoms with van der Waals surface area (Å²) in [7, 11) is 1.78. The molecule has 0 radical (unpaired) electrons. The molecule has 0 aliphatic heterocycles. The largest absolute Gasteiger partial charge is 0.386 e. The van der Waals surface area contributed by atoms with Crippen molar-refractivity contribution in [2.75, 3.05) is 11.9 Å². The van der Waals surface area contributed by atoms with Gasteiger partial charge in [-0.15, -0.1) is 0 Å². The second-order valence-corrected chi connectivity index (χ2v) is 4.76. The minimum Gasteiger partial charge on any atom is -0.386 e. The van der Waals surface area contributed by atoms with E-state index in [-0.39, 0.29) is 11.7 Å². The average molecular weight is 284 g/mol. The van der Waals surface area contributed by atoms with Gasteiger partial charge in [0, 0.05) is 25.4 Å². The van der Waals surface area contributed by atoms with Crippen molar-refractivity contribution >= 4 is 28.1 Å². The van der Waals surface area contributed by atoms with Crippen LogP contribution in [0.2, 0.25) is 5.15 Å². The SMILES string of the molecule is Cn1cc(C(O)CNc2snc(Cl)c2C#N)cn1. The molecule has 94 valence electrons. The Bertz CT molecular complexity index is 587. The molecule has 18 heavy (non-hydrogen) atoms. The molecule has 1 unspecified atom stereocenters. The van der Waals surface area contributed by atoms with Crippen LogP contribution in [0.25, 0.3) is 0 Å². The smallest absolute Gasteiger partial charge is 0.162 e. The van der Waals surface area contributed by atoms with Crippen molar-refractivity contribution in [3.8, 4) is 6.07 Å². The number of anilines is 1. The summed E-state index contributed by atoms with van der Waals surface area (Å²) >= 11 is 6.84. The van der Waals surface area contributed by atoms with Gasteiger partial charge in [-0.2, -0.15) is 14.7 Å². The van der Waals surface area contributed by atoms with Crippen LogP contribution in [0.3, 0.4) is 0 Å². The van der Waals surface area contributed by atoms with Crippen molar-refractivity contribution in [2.45, 2.75) is 6.10 Å². The molecule has 8 heteroatoms. The molecule has 0 aliphatic carbocycles. The summed E-state index contributed by atoms with van der Waals surface area (Å²) in [5.41, 5.74) is 1.01. The number of hydrogen-bond donors (Lipinski definition) is 2. The van der Waals surface area contributed by atoms with Crippen LogP contribution in [0.1, 0.15) is 17.2 Å². The van der Waals surface area contributed by atoms with E-state index in [0.29, 0.717) is 16.1 Å². The van der Waals surface area contributed by atoms with Crippen molar-refractivity contribution in [1.82, 2.24) is 14.2 Å². The topological polar surface area (TPSA) is 86.8 Å². The first-order valence-electron chi connectivity index (χ1n) is 5.07. The number of aliphatic hydroxyl groups excluding tert-OH is 1. The van der Waals surface area contributed by atoms with E-state index in [4.69, 9.17) is 16.9 Å². The fraction of sp³-hybridized carbons (Fsp3) is 0.300.